The lowest BCUT2D eigenvalue weighted by atomic mass is 9.96. The first-order valence-electron chi connectivity index (χ1n) is 8.81. The lowest BCUT2D eigenvalue weighted by Gasteiger charge is -2.29. The number of hydrogen-bond donors (Lipinski definition) is 1. The molecule has 7 heteroatoms. The Bertz CT molecular complexity index is 935. The van der Waals surface area contributed by atoms with Crippen molar-refractivity contribution < 1.29 is 24.2 Å². The van der Waals surface area contributed by atoms with Gasteiger partial charge in [-0.1, -0.05) is 5.16 Å². The Labute approximate surface area is 164 Å². The second-order valence-corrected chi connectivity index (χ2v) is 6.83. The summed E-state index contributed by atoms with van der Waals surface area (Å²) in [4.78, 5) is 4.42. The molecule has 0 atom stereocenters. The molecule has 0 fully saturated rings. The average molecular weight is 384 g/mol. The fourth-order valence-electron chi connectivity index (χ4n) is 3.10. The molecule has 0 aliphatic carbocycles. The molecule has 0 saturated heterocycles. The van der Waals surface area contributed by atoms with Gasteiger partial charge in [0.2, 0.25) is 0 Å². The van der Waals surface area contributed by atoms with E-state index >= 15 is 0 Å². The van der Waals surface area contributed by atoms with Gasteiger partial charge in [-0.05, 0) is 50.3 Å². The van der Waals surface area contributed by atoms with Gasteiger partial charge < -0.3 is 24.2 Å². The maximum Gasteiger partial charge on any atom is 0.256 e. The highest BCUT2D eigenvalue weighted by Gasteiger charge is 2.26. The van der Waals surface area contributed by atoms with Gasteiger partial charge in [0.1, 0.15) is 17.1 Å². The van der Waals surface area contributed by atoms with Gasteiger partial charge in [0, 0.05) is 12.0 Å². The quantitative estimate of drug-likeness (QED) is 0.464. The summed E-state index contributed by atoms with van der Waals surface area (Å²) < 4.78 is 22.1. The lowest BCUT2D eigenvalue weighted by Crippen LogP contribution is -2.27. The van der Waals surface area contributed by atoms with Crippen molar-refractivity contribution in [1.82, 2.24) is 4.98 Å². The summed E-state index contributed by atoms with van der Waals surface area (Å²) in [6.07, 6.45) is 4.21. The van der Waals surface area contributed by atoms with Crippen LogP contribution in [0.25, 0.3) is 6.08 Å². The van der Waals surface area contributed by atoms with Crippen LogP contribution in [0, 0.1) is 0 Å². The third kappa shape index (κ3) is 3.74. The molecular weight excluding hydrogens is 360 g/mol. The molecule has 1 aromatic carbocycles. The van der Waals surface area contributed by atoms with Crippen LogP contribution in [-0.4, -0.2) is 42.8 Å². The monoisotopic (exact) mass is 384 g/mol. The molecule has 0 saturated carbocycles. The van der Waals surface area contributed by atoms with E-state index in [1.165, 1.54) is 7.11 Å². The minimum Gasteiger partial charge on any atom is -0.495 e. The second-order valence-electron chi connectivity index (χ2n) is 6.83. The normalized spacial score (nSPS) is 14.8. The van der Waals surface area contributed by atoms with Crippen molar-refractivity contribution in [2.75, 3.05) is 21.3 Å². The molecule has 0 radical (unpaired) electrons. The highest BCUT2D eigenvalue weighted by Crippen LogP contribution is 2.39. The van der Waals surface area contributed by atoms with Crippen LogP contribution in [0.15, 0.2) is 35.5 Å². The van der Waals surface area contributed by atoms with Crippen molar-refractivity contribution >= 4 is 11.8 Å². The zero-order valence-electron chi connectivity index (χ0n) is 16.6. The minimum atomic E-state index is -0.392. The number of fused-ring (bicyclic) bond motifs is 1. The zero-order valence-corrected chi connectivity index (χ0v) is 16.6. The largest absolute Gasteiger partial charge is 0.495 e. The van der Waals surface area contributed by atoms with Crippen molar-refractivity contribution in [2.45, 2.75) is 25.9 Å². The first kappa shape index (κ1) is 19.5. The third-order valence-electron chi connectivity index (χ3n) is 4.46. The summed E-state index contributed by atoms with van der Waals surface area (Å²) in [6.45, 7) is 3.96. The summed E-state index contributed by atoms with van der Waals surface area (Å²) in [7, 11) is 4.65. The number of benzene rings is 1. The second kappa shape index (κ2) is 7.80. The van der Waals surface area contributed by atoms with Crippen LogP contribution in [0.3, 0.4) is 0 Å². The molecule has 0 amide bonds. The van der Waals surface area contributed by atoms with E-state index in [9.17, 15) is 5.21 Å². The summed E-state index contributed by atoms with van der Waals surface area (Å²) in [5.74, 6) is 2.20. The molecule has 1 N–H and O–H groups in total. The van der Waals surface area contributed by atoms with Gasteiger partial charge in [0.05, 0.1) is 38.3 Å². The first-order valence-corrected chi connectivity index (χ1v) is 8.81. The fourth-order valence-corrected chi connectivity index (χ4v) is 3.10. The number of rotatable bonds is 6. The van der Waals surface area contributed by atoms with Crippen LogP contribution in [-0.2, 0) is 6.42 Å². The minimum absolute atomic E-state index is 0.280. The first-order chi connectivity index (χ1) is 13.4. The molecule has 7 nitrogen and oxygen atoms in total. The lowest BCUT2D eigenvalue weighted by molar-refractivity contribution is 0.158. The Morgan fingerprint density at radius 3 is 2.54 bits per heavy atom. The number of ether oxygens (including phenoxy) is 4. The van der Waals surface area contributed by atoms with Gasteiger partial charge in [-0.2, -0.15) is 0 Å². The van der Waals surface area contributed by atoms with Gasteiger partial charge in [-0.25, -0.2) is 4.98 Å². The number of aromatic nitrogens is 1. The predicted molar refractivity (Wildman–Crippen MR) is 106 cm³/mol. The SMILES string of the molecule is COc1ccc(C/C(=N/O)c2ccc3c(c2OC)C=CC(C)(C)O3)nc1OC. The number of hydrogen-bond acceptors (Lipinski definition) is 7. The van der Waals surface area contributed by atoms with E-state index in [1.807, 2.05) is 38.1 Å². The van der Waals surface area contributed by atoms with Gasteiger partial charge in [-0.3, -0.25) is 0 Å². The van der Waals surface area contributed by atoms with Crippen LogP contribution in [0.2, 0.25) is 0 Å². The Hall–Kier alpha value is -3.22. The standard InChI is InChI=1S/C21H24N2O5/c1-21(2)11-10-15-17(28-21)9-7-14(19(15)26-4)16(23-24)12-13-6-8-18(25-3)20(22-13)27-5/h6-11,24H,12H2,1-5H3/b23-16-. The Balaban J connectivity index is 1.98. The van der Waals surface area contributed by atoms with E-state index in [-0.39, 0.29) is 6.42 Å². The third-order valence-corrected chi connectivity index (χ3v) is 4.46. The van der Waals surface area contributed by atoms with Crippen molar-refractivity contribution in [3.8, 4) is 23.1 Å². The van der Waals surface area contributed by atoms with E-state index in [0.717, 1.165) is 11.3 Å². The molecule has 28 heavy (non-hydrogen) atoms. The molecule has 2 aromatic rings. The molecule has 0 unspecified atom stereocenters. The fraction of sp³-hybridized carbons (Fsp3) is 0.333. The van der Waals surface area contributed by atoms with Crippen LogP contribution >= 0.6 is 0 Å². The van der Waals surface area contributed by atoms with Crippen LogP contribution < -0.4 is 18.9 Å². The van der Waals surface area contributed by atoms with Gasteiger partial charge in [0.15, 0.2) is 5.75 Å². The molecule has 2 heterocycles. The number of methoxy groups -OCH3 is 3. The van der Waals surface area contributed by atoms with E-state index in [1.54, 1.807) is 26.4 Å². The molecule has 0 bridgehead atoms. The van der Waals surface area contributed by atoms with Crippen LogP contribution in [0.1, 0.15) is 30.7 Å². The van der Waals surface area contributed by atoms with E-state index in [2.05, 4.69) is 10.1 Å². The van der Waals surface area contributed by atoms with Crippen LogP contribution in [0.5, 0.6) is 23.1 Å². The predicted octanol–water partition coefficient (Wildman–Crippen LogP) is 3.71. The van der Waals surface area contributed by atoms with E-state index < -0.39 is 5.60 Å². The Kier molecular flexibility index (Phi) is 5.44. The average Bonchev–Trinajstić information content (AvgIpc) is 2.70. The van der Waals surface area contributed by atoms with Crippen molar-refractivity contribution in [1.29, 1.82) is 0 Å². The molecule has 1 aromatic heterocycles. The molecule has 1 aliphatic heterocycles. The summed E-state index contributed by atoms with van der Waals surface area (Å²) >= 11 is 0. The van der Waals surface area contributed by atoms with Crippen molar-refractivity contribution in [3.63, 3.8) is 0 Å². The summed E-state index contributed by atoms with van der Waals surface area (Å²) in [6, 6.07) is 7.23. The van der Waals surface area contributed by atoms with Gasteiger partial charge in [-0.15, -0.1) is 0 Å². The maximum atomic E-state index is 9.67. The zero-order chi connectivity index (χ0) is 20.3. The van der Waals surface area contributed by atoms with Crippen LogP contribution in [0.4, 0.5) is 0 Å². The highest BCUT2D eigenvalue weighted by molar-refractivity contribution is 6.05. The van der Waals surface area contributed by atoms with Gasteiger partial charge in [0.25, 0.3) is 5.88 Å². The number of nitrogens with zero attached hydrogens (tertiary/aromatic N) is 2. The van der Waals surface area contributed by atoms with Gasteiger partial charge >= 0.3 is 0 Å². The molecule has 0 spiro atoms. The Morgan fingerprint density at radius 1 is 1.11 bits per heavy atom. The van der Waals surface area contributed by atoms with E-state index in [4.69, 9.17) is 18.9 Å². The molecule has 1 aliphatic rings. The molecule has 148 valence electrons. The molecule has 3 rings (SSSR count). The highest BCUT2D eigenvalue weighted by atomic mass is 16.5. The van der Waals surface area contributed by atoms with E-state index in [0.29, 0.717) is 34.3 Å². The maximum absolute atomic E-state index is 9.67. The summed E-state index contributed by atoms with van der Waals surface area (Å²) in [5, 5.41) is 13.2. The topological polar surface area (TPSA) is 82.4 Å². The Morgan fingerprint density at radius 2 is 1.89 bits per heavy atom. The smallest absolute Gasteiger partial charge is 0.256 e. The van der Waals surface area contributed by atoms with Crippen molar-refractivity contribution in [2.24, 2.45) is 5.16 Å². The number of oxime groups is 1. The summed E-state index contributed by atoms with van der Waals surface area (Å²) in [5.41, 5.74) is 2.15. The van der Waals surface area contributed by atoms with Crippen molar-refractivity contribution in [3.05, 3.63) is 47.2 Å². The number of pyridine rings is 1. The molecular formula is C21H24N2O5.